The van der Waals surface area contributed by atoms with E-state index in [1.165, 1.54) is 34.6 Å². The molecule has 0 amide bonds. The van der Waals surface area contributed by atoms with Gasteiger partial charge < -0.3 is 24.1 Å². The third-order valence-corrected chi connectivity index (χ3v) is 6.51. The van der Waals surface area contributed by atoms with E-state index in [0.717, 1.165) is 20.8 Å². The van der Waals surface area contributed by atoms with Crippen molar-refractivity contribution in [1.82, 2.24) is 14.5 Å². The molecule has 0 radical (unpaired) electrons. The van der Waals surface area contributed by atoms with E-state index in [4.69, 9.17) is 31.2 Å². The third-order valence-electron chi connectivity index (χ3n) is 6.15. The number of hydrogen-bond donors (Lipinski definition) is 1. The van der Waals surface area contributed by atoms with Crippen molar-refractivity contribution in [2.45, 2.75) is 52.4 Å². The van der Waals surface area contributed by atoms with Crippen LogP contribution >= 0.6 is 12.2 Å². The van der Waals surface area contributed by atoms with Crippen LogP contribution in [0.2, 0.25) is 0 Å². The minimum absolute atomic E-state index is 0.0192. The number of phenols is 1. The number of ketones is 1. The van der Waals surface area contributed by atoms with E-state index in [-0.39, 0.29) is 16.3 Å². The molecule has 14 heteroatoms. The summed E-state index contributed by atoms with van der Waals surface area (Å²) in [6.45, 7) is 4.60. The van der Waals surface area contributed by atoms with Crippen LogP contribution in [0, 0.1) is 10.7 Å². The molecule has 0 bridgehead atoms. The molecular formula is C28H28N4O9S. The number of carbonyl (C=O) groups is 4. The van der Waals surface area contributed by atoms with E-state index in [1.807, 2.05) is 6.07 Å². The predicted molar refractivity (Wildman–Crippen MR) is 149 cm³/mol. The van der Waals surface area contributed by atoms with E-state index in [1.54, 1.807) is 36.4 Å². The summed E-state index contributed by atoms with van der Waals surface area (Å²) >= 11 is 5.74. The first kappa shape index (κ1) is 30.3. The molecule has 0 saturated carbocycles. The number of esters is 3. The summed E-state index contributed by atoms with van der Waals surface area (Å²) in [6, 6.07) is 15.2. The third kappa shape index (κ3) is 6.78. The predicted octanol–water partition coefficient (Wildman–Crippen LogP) is 3.16. The standard InChI is InChI=1S/C28H28N4O9S/c1-15(33)22-23(38-16(2)34)24(39-17(3)35)27(40-18(4)36)41-26(22)32-28(42)31(25(30-32)20-8-6-5-7-9-20)29-14-19-10-12-21(37)13-11-19/h5-14,22-24,26-27,37H,1-4H3/b29-14+/t22-,23-,24+,26?,27+/m0/s1. The topological polar surface area (TPSA) is 161 Å². The molecule has 42 heavy (non-hydrogen) atoms. The Labute approximate surface area is 245 Å². The molecule has 1 fully saturated rings. The fourth-order valence-electron chi connectivity index (χ4n) is 4.46. The SMILES string of the molecule is CC(=O)O[C@@H]1OC(n2nc(-c3ccccc3)n(/N=C/c3ccc(O)cc3)c2=S)[C@@H](C(C)=O)[C@H](OC(C)=O)[C@H]1OC(C)=O. The number of nitrogens with zero attached hydrogens (tertiary/aromatic N) is 4. The van der Waals surface area contributed by atoms with Crippen LogP contribution in [0.4, 0.5) is 0 Å². The number of aromatic hydroxyl groups is 1. The lowest BCUT2D eigenvalue weighted by molar-refractivity contribution is -0.296. The van der Waals surface area contributed by atoms with Gasteiger partial charge in [-0.25, -0.2) is 4.68 Å². The van der Waals surface area contributed by atoms with Gasteiger partial charge in [-0.2, -0.15) is 9.78 Å². The lowest BCUT2D eigenvalue weighted by Crippen LogP contribution is -2.58. The van der Waals surface area contributed by atoms with Crippen molar-refractivity contribution in [1.29, 1.82) is 0 Å². The van der Waals surface area contributed by atoms with Crippen molar-refractivity contribution in [3.63, 3.8) is 0 Å². The highest BCUT2D eigenvalue weighted by Crippen LogP contribution is 2.38. The van der Waals surface area contributed by atoms with Gasteiger partial charge in [0.05, 0.1) is 6.21 Å². The fourth-order valence-corrected chi connectivity index (χ4v) is 4.74. The molecule has 220 valence electrons. The maximum Gasteiger partial charge on any atom is 0.305 e. The van der Waals surface area contributed by atoms with Gasteiger partial charge in [0.2, 0.25) is 17.2 Å². The van der Waals surface area contributed by atoms with Crippen molar-refractivity contribution >= 4 is 42.1 Å². The van der Waals surface area contributed by atoms with Crippen LogP contribution in [0.25, 0.3) is 11.4 Å². The number of benzene rings is 2. The molecule has 2 aromatic carbocycles. The minimum Gasteiger partial charge on any atom is -0.508 e. The molecule has 0 spiro atoms. The van der Waals surface area contributed by atoms with Gasteiger partial charge in [0.1, 0.15) is 17.5 Å². The largest absolute Gasteiger partial charge is 0.508 e. The molecule has 1 unspecified atom stereocenters. The van der Waals surface area contributed by atoms with Crippen LogP contribution in [-0.4, -0.2) is 68.0 Å². The van der Waals surface area contributed by atoms with E-state index < -0.39 is 54.3 Å². The molecule has 3 aromatic rings. The molecule has 13 nitrogen and oxygen atoms in total. The Morgan fingerprint density at radius 2 is 1.50 bits per heavy atom. The quantitative estimate of drug-likeness (QED) is 0.176. The van der Waals surface area contributed by atoms with Gasteiger partial charge in [-0.3, -0.25) is 19.2 Å². The number of ether oxygens (including phenoxy) is 4. The highest BCUT2D eigenvalue weighted by Gasteiger charge is 2.54. The Bertz CT molecular complexity index is 1570. The number of hydrogen-bond acceptors (Lipinski definition) is 12. The van der Waals surface area contributed by atoms with Gasteiger partial charge in [-0.05, 0) is 49.0 Å². The fraction of sp³-hybridized carbons (Fsp3) is 0.321. The lowest BCUT2D eigenvalue weighted by Gasteiger charge is -2.43. The molecule has 4 rings (SSSR count). The van der Waals surface area contributed by atoms with Gasteiger partial charge in [0, 0.05) is 26.3 Å². The van der Waals surface area contributed by atoms with Gasteiger partial charge in [0.15, 0.2) is 18.2 Å². The summed E-state index contributed by atoms with van der Waals surface area (Å²) in [5.74, 6) is -3.77. The van der Waals surface area contributed by atoms with Crippen LogP contribution in [0.5, 0.6) is 5.75 Å². The Kier molecular flexibility index (Phi) is 9.28. The lowest BCUT2D eigenvalue weighted by atomic mass is 9.89. The molecule has 0 aliphatic carbocycles. The average Bonchev–Trinajstić information content (AvgIpc) is 3.25. The van der Waals surface area contributed by atoms with Gasteiger partial charge >= 0.3 is 17.9 Å². The summed E-state index contributed by atoms with van der Waals surface area (Å²) in [6.07, 6.45) is -4.33. The van der Waals surface area contributed by atoms with Crippen LogP contribution in [0.3, 0.4) is 0 Å². The smallest absolute Gasteiger partial charge is 0.305 e. The highest BCUT2D eigenvalue weighted by atomic mass is 32.1. The van der Waals surface area contributed by atoms with Gasteiger partial charge in [-0.1, -0.05) is 30.3 Å². The molecule has 1 aliphatic rings. The monoisotopic (exact) mass is 596 g/mol. The molecule has 1 aromatic heterocycles. The van der Waals surface area contributed by atoms with E-state index in [0.29, 0.717) is 11.1 Å². The maximum absolute atomic E-state index is 13.1. The zero-order valence-electron chi connectivity index (χ0n) is 23.1. The first-order chi connectivity index (χ1) is 20.0. The second-order valence-electron chi connectivity index (χ2n) is 9.35. The molecule has 1 N–H and O–H groups in total. The van der Waals surface area contributed by atoms with E-state index >= 15 is 0 Å². The Morgan fingerprint density at radius 1 is 0.905 bits per heavy atom. The van der Waals surface area contributed by atoms with Crippen LogP contribution in [-0.2, 0) is 38.1 Å². The minimum atomic E-state index is -1.58. The van der Waals surface area contributed by atoms with Crippen molar-refractivity contribution in [2.75, 3.05) is 0 Å². The van der Waals surface area contributed by atoms with E-state index in [9.17, 15) is 24.3 Å². The molecular weight excluding hydrogens is 568 g/mol. The summed E-state index contributed by atoms with van der Waals surface area (Å²) < 4.78 is 24.7. The molecule has 1 aliphatic heterocycles. The highest BCUT2D eigenvalue weighted by molar-refractivity contribution is 7.71. The average molecular weight is 597 g/mol. The second kappa shape index (κ2) is 12.9. The zero-order valence-corrected chi connectivity index (χ0v) is 23.9. The maximum atomic E-state index is 13.1. The number of aromatic nitrogens is 3. The van der Waals surface area contributed by atoms with E-state index in [2.05, 4.69) is 10.2 Å². The Hall–Kier alpha value is -4.69. The number of Topliss-reactive ketones (excluding diaryl/α,β-unsaturated/α-hetero) is 1. The summed E-state index contributed by atoms with van der Waals surface area (Å²) in [5, 5.41) is 18.7. The first-order valence-corrected chi connectivity index (χ1v) is 13.1. The van der Waals surface area contributed by atoms with Gasteiger partial charge in [0.25, 0.3) is 0 Å². The Balaban J connectivity index is 1.89. The Morgan fingerprint density at radius 3 is 2.07 bits per heavy atom. The molecule has 2 heterocycles. The summed E-state index contributed by atoms with van der Waals surface area (Å²) in [7, 11) is 0. The van der Waals surface area contributed by atoms with Crippen molar-refractivity contribution < 1.29 is 43.2 Å². The second-order valence-corrected chi connectivity index (χ2v) is 9.72. The van der Waals surface area contributed by atoms with Crippen molar-refractivity contribution in [2.24, 2.45) is 11.0 Å². The first-order valence-electron chi connectivity index (χ1n) is 12.7. The number of carbonyl (C=O) groups excluding carboxylic acids is 4. The zero-order chi connectivity index (χ0) is 30.6. The molecule has 5 atom stereocenters. The summed E-state index contributed by atoms with van der Waals surface area (Å²) in [4.78, 5) is 49.2. The van der Waals surface area contributed by atoms with Gasteiger partial charge in [-0.15, -0.1) is 5.10 Å². The van der Waals surface area contributed by atoms with Crippen LogP contribution in [0.15, 0.2) is 59.7 Å². The van der Waals surface area contributed by atoms with Crippen LogP contribution < -0.4 is 0 Å². The summed E-state index contributed by atoms with van der Waals surface area (Å²) in [5.41, 5.74) is 1.26. The number of rotatable bonds is 8. The normalized spacial score (nSPS) is 22.0. The molecule has 1 saturated heterocycles. The number of phenolic OH excluding ortho intramolecular Hbond substituents is 1. The van der Waals surface area contributed by atoms with Crippen molar-refractivity contribution in [3.8, 4) is 17.1 Å². The van der Waals surface area contributed by atoms with Crippen molar-refractivity contribution in [3.05, 3.63) is 64.9 Å². The van der Waals surface area contributed by atoms with Crippen LogP contribution in [0.1, 0.15) is 39.5 Å².